The third kappa shape index (κ3) is 25.1. The summed E-state index contributed by atoms with van der Waals surface area (Å²) >= 11 is 0. The molecule has 0 aliphatic rings. The molecule has 0 spiro atoms. The minimum Gasteiger partial charge on any atom is -0.234 e. The van der Waals surface area contributed by atoms with Crippen LogP contribution in [-0.2, 0) is 19.5 Å². The average molecular weight is 602 g/mol. The number of unbranched alkanes of at least 4 members (excludes halogenated alkanes) is 29. The van der Waals surface area contributed by atoms with Crippen LogP contribution in [0.4, 0.5) is 0 Å². The molecule has 0 N–H and O–H groups in total. The first-order chi connectivity index (χ1) is 21.3. The molecule has 2 heteroatoms. The van der Waals surface area contributed by atoms with Crippen LogP contribution in [0.2, 0.25) is 0 Å². The lowest BCUT2D eigenvalue weighted by atomic mass is 10.0. The molecule has 1 aromatic rings. The van der Waals surface area contributed by atoms with E-state index in [2.05, 4.69) is 42.3 Å². The van der Waals surface area contributed by atoms with Crippen LogP contribution < -0.4 is 4.57 Å². The second-order valence-electron chi connectivity index (χ2n) is 14.1. The first kappa shape index (κ1) is 40.2. The summed E-state index contributed by atoms with van der Waals surface area (Å²) in [6.07, 6.45) is 51.9. The Bertz CT molecular complexity index is 663. The Hall–Kier alpha value is -0.790. The molecule has 0 bridgehead atoms. The quantitative estimate of drug-likeness (QED) is 0.0540. The van der Waals surface area contributed by atoms with Gasteiger partial charge in [0.05, 0.1) is 13.1 Å². The summed E-state index contributed by atoms with van der Waals surface area (Å²) in [4.78, 5) is 0. The molecule has 0 unspecified atom stereocenters. The van der Waals surface area contributed by atoms with Gasteiger partial charge in [0, 0.05) is 6.42 Å². The predicted octanol–water partition coefficient (Wildman–Crippen LogP) is 13.9. The van der Waals surface area contributed by atoms with Crippen molar-refractivity contribution in [2.75, 3.05) is 0 Å². The van der Waals surface area contributed by atoms with E-state index < -0.39 is 0 Å². The van der Waals surface area contributed by atoms with Gasteiger partial charge in [-0.3, -0.25) is 0 Å². The zero-order valence-electron chi connectivity index (χ0n) is 30.3. The van der Waals surface area contributed by atoms with Crippen LogP contribution in [0.25, 0.3) is 0 Å². The summed E-state index contributed by atoms with van der Waals surface area (Å²) in [6.45, 7) is 9.39. The zero-order valence-corrected chi connectivity index (χ0v) is 30.3. The Morgan fingerprint density at radius 3 is 1.12 bits per heavy atom. The van der Waals surface area contributed by atoms with Gasteiger partial charge in [0.1, 0.15) is 12.4 Å². The number of aromatic nitrogens is 2. The molecule has 0 fully saturated rings. The van der Waals surface area contributed by atoms with Crippen LogP contribution in [0.15, 0.2) is 12.4 Å². The van der Waals surface area contributed by atoms with Crippen molar-refractivity contribution in [3.63, 3.8) is 0 Å². The van der Waals surface area contributed by atoms with E-state index in [4.69, 9.17) is 0 Å². The first-order valence-electron chi connectivity index (χ1n) is 20.4. The maximum absolute atomic E-state index is 2.63. The molecule has 1 aromatic heterocycles. The molecule has 43 heavy (non-hydrogen) atoms. The average Bonchev–Trinajstić information content (AvgIpc) is 3.40. The third-order valence-electron chi connectivity index (χ3n) is 9.85. The molecule has 0 radical (unpaired) electrons. The van der Waals surface area contributed by atoms with Gasteiger partial charge in [0.2, 0.25) is 0 Å². The first-order valence-corrected chi connectivity index (χ1v) is 20.4. The van der Waals surface area contributed by atoms with Crippen LogP contribution in [0.5, 0.6) is 0 Å². The fourth-order valence-corrected chi connectivity index (χ4v) is 6.86. The van der Waals surface area contributed by atoms with Gasteiger partial charge in [-0.15, -0.1) is 0 Å². The van der Waals surface area contributed by atoms with Gasteiger partial charge in [-0.25, -0.2) is 9.13 Å². The highest BCUT2D eigenvalue weighted by atomic mass is 15.1. The normalized spacial score (nSPS) is 11.6. The molecule has 1 rings (SSSR count). The highest BCUT2D eigenvalue weighted by Gasteiger charge is 2.16. The Kier molecular flexibility index (Phi) is 30.5. The summed E-state index contributed by atoms with van der Waals surface area (Å²) in [5.74, 6) is 1.62. The SMILES string of the molecule is CCCCCCCCCCCCCCCCC[n+]1ccn(CCCCCC)c1CCCCCCCCCCCCCCC. The Balaban J connectivity index is 2.16. The summed E-state index contributed by atoms with van der Waals surface area (Å²) < 4.78 is 5.24. The van der Waals surface area contributed by atoms with Gasteiger partial charge in [0.25, 0.3) is 5.82 Å². The lowest BCUT2D eigenvalue weighted by Gasteiger charge is -2.07. The van der Waals surface area contributed by atoms with Crippen molar-refractivity contribution in [1.82, 2.24) is 4.57 Å². The smallest absolute Gasteiger partial charge is 0.234 e. The molecule has 2 nitrogen and oxygen atoms in total. The van der Waals surface area contributed by atoms with Gasteiger partial charge in [0.15, 0.2) is 0 Å². The molecule has 0 aliphatic carbocycles. The standard InChI is InChI=1S/C41H81N2/c1-4-7-10-13-15-17-19-21-22-24-26-28-30-32-35-38-43-40-39-42(37-34-12-9-6-3)41(43)36-33-31-29-27-25-23-20-18-16-14-11-8-5-2/h39-40H,4-38H2,1-3H3/q+1. The maximum atomic E-state index is 2.63. The number of rotatable bonds is 35. The Morgan fingerprint density at radius 2 is 0.721 bits per heavy atom. The van der Waals surface area contributed by atoms with Crippen LogP contribution in [0.3, 0.4) is 0 Å². The maximum Gasteiger partial charge on any atom is 0.256 e. The number of hydrogen-bond acceptors (Lipinski definition) is 0. The fraction of sp³-hybridized carbons (Fsp3) is 0.927. The van der Waals surface area contributed by atoms with Crippen molar-refractivity contribution in [2.24, 2.45) is 0 Å². The van der Waals surface area contributed by atoms with E-state index in [-0.39, 0.29) is 0 Å². The topological polar surface area (TPSA) is 8.81 Å². The minimum atomic E-state index is 1.22. The van der Waals surface area contributed by atoms with Crippen LogP contribution >= 0.6 is 0 Å². The molecule has 0 aliphatic heterocycles. The van der Waals surface area contributed by atoms with Gasteiger partial charge in [-0.1, -0.05) is 194 Å². The molecule has 0 aromatic carbocycles. The zero-order chi connectivity index (χ0) is 30.9. The Morgan fingerprint density at radius 1 is 0.395 bits per heavy atom. The summed E-state index contributed by atoms with van der Waals surface area (Å²) in [5.41, 5.74) is 0. The molecular formula is C41H81N2+. The van der Waals surface area contributed by atoms with Crippen molar-refractivity contribution in [1.29, 1.82) is 0 Å². The van der Waals surface area contributed by atoms with E-state index in [0.717, 1.165) is 0 Å². The molecule has 254 valence electrons. The number of nitrogens with zero attached hydrogens (tertiary/aromatic N) is 2. The molecular weight excluding hydrogens is 520 g/mol. The molecule has 0 atom stereocenters. The largest absolute Gasteiger partial charge is 0.256 e. The lowest BCUT2D eigenvalue weighted by Crippen LogP contribution is -2.37. The van der Waals surface area contributed by atoms with Gasteiger partial charge < -0.3 is 0 Å². The van der Waals surface area contributed by atoms with Crippen LogP contribution in [-0.4, -0.2) is 4.57 Å². The Labute approximate surface area is 272 Å². The van der Waals surface area contributed by atoms with Gasteiger partial charge in [-0.2, -0.15) is 0 Å². The van der Waals surface area contributed by atoms with E-state index in [9.17, 15) is 0 Å². The van der Waals surface area contributed by atoms with Crippen molar-refractivity contribution >= 4 is 0 Å². The van der Waals surface area contributed by atoms with E-state index in [0.29, 0.717) is 0 Å². The number of hydrogen-bond donors (Lipinski definition) is 0. The fourth-order valence-electron chi connectivity index (χ4n) is 6.86. The molecule has 1 heterocycles. The lowest BCUT2D eigenvalue weighted by molar-refractivity contribution is -0.704. The van der Waals surface area contributed by atoms with E-state index in [1.807, 2.05) is 0 Å². The summed E-state index contributed by atoms with van der Waals surface area (Å²) in [7, 11) is 0. The van der Waals surface area contributed by atoms with E-state index in [1.165, 1.54) is 225 Å². The van der Waals surface area contributed by atoms with Crippen LogP contribution in [0.1, 0.15) is 232 Å². The molecule has 0 amide bonds. The summed E-state index contributed by atoms with van der Waals surface area (Å²) in [5, 5.41) is 0. The van der Waals surface area contributed by atoms with Crippen molar-refractivity contribution in [3.05, 3.63) is 18.2 Å². The predicted molar refractivity (Wildman–Crippen MR) is 193 cm³/mol. The second-order valence-corrected chi connectivity index (χ2v) is 14.1. The van der Waals surface area contributed by atoms with Crippen molar-refractivity contribution in [2.45, 2.75) is 246 Å². The van der Waals surface area contributed by atoms with Gasteiger partial charge >= 0.3 is 0 Å². The van der Waals surface area contributed by atoms with Crippen LogP contribution in [0, 0.1) is 0 Å². The van der Waals surface area contributed by atoms with Crippen molar-refractivity contribution < 1.29 is 4.57 Å². The number of imidazole rings is 1. The monoisotopic (exact) mass is 602 g/mol. The van der Waals surface area contributed by atoms with Crippen molar-refractivity contribution in [3.8, 4) is 0 Å². The third-order valence-corrected chi connectivity index (χ3v) is 9.85. The second kappa shape index (κ2) is 32.6. The highest BCUT2D eigenvalue weighted by molar-refractivity contribution is 4.84. The number of aryl methyl sites for hydroxylation is 2. The van der Waals surface area contributed by atoms with E-state index >= 15 is 0 Å². The molecule has 0 saturated carbocycles. The van der Waals surface area contributed by atoms with Gasteiger partial charge in [-0.05, 0) is 32.1 Å². The highest BCUT2D eigenvalue weighted by Crippen LogP contribution is 2.15. The molecule has 0 saturated heterocycles. The minimum absolute atomic E-state index is 1.22. The summed E-state index contributed by atoms with van der Waals surface area (Å²) in [6, 6.07) is 0. The van der Waals surface area contributed by atoms with E-state index in [1.54, 1.807) is 5.82 Å².